The molecule has 0 aromatic carbocycles. The lowest BCUT2D eigenvalue weighted by atomic mass is 10.3. The number of halogens is 1. The Morgan fingerprint density at radius 2 is 2.11 bits per heavy atom. The van der Waals surface area contributed by atoms with Crippen molar-refractivity contribution >= 4 is 28.4 Å². The van der Waals surface area contributed by atoms with Crippen LogP contribution < -0.4 is 5.32 Å². The highest BCUT2D eigenvalue weighted by atomic mass is 127. The highest BCUT2D eigenvalue weighted by Crippen LogP contribution is 2.24. The van der Waals surface area contributed by atoms with Crippen molar-refractivity contribution in [2.24, 2.45) is 0 Å². The molecule has 1 N–H and O–H groups in total. The highest BCUT2D eigenvalue weighted by molar-refractivity contribution is 14.1. The fraction of sp³-hybridized carbons (Fsp3) is 0.462. The van der Waals surface area contributed by atoms with Crippen molar-refractivity contribution in [1.29, 1.82) is 0 Å². The molecule has 2 heterocycles. The molecule has 0 aliphatic carbocycles. The van der Waals surface area contributed by atoms with Gasteiger partial charge >= 0.3 is 0 Å². The first-order chi connectivity index (χ1) is 9.21. The summed E-state index contributed by atoms with van der Waals surface area (Å²) in [7, 11) is 1.89. The first kappa shape index (κ1) is 14.2. The number of hydrogen-bond donors (Lipinski definition) is 1. The van der Waals surface area contributed by atoms with E-state index >= 15 is 0 Å². The van der Waals surface area contributed by atoms with Gasteiger partial charge in [0.1, 0.15) is 11.5 Å². The van der Waals surface area contributed by atoms with Crippen LogP contribution in [-0.2, 0) is 13.0 Å². The molecule has 6 heteroatoms. The lowest BCUT2D eigenvalue weighted by Gasteiger charge is -2.11. The molecule has 0 aliphatic heterocycles. The zero-order valence-corrected chi connectivity index (χ0v) is 13.6. The number of aryl methyl sites for hydroxylation is 2. The molecule has 5 nitrogen and oxygen atoms in total. The SMILES string of the molecule is CCCn1cncc1-c1nc(CC)c(I)c(NC)n1. The molecule has 0 saturated carbocycles. The maximum absolute atomic E-state index is 4.67. The molecule has 19 heavy (non-hydrogen) atoms. The minimum atomic E-state index is 0.743. The molecule has 0 unspecified atom stereocenters. The summed E-state index contributed by atoms with van der Waals surface area (Å²) in [6.45, 7) is 5.19. The van der Waals surface area contributed by atoms with Crippen molar-refractivity contribution in [3.05, 3.63) is 21.8 Å². The normalized spacial score (nSPS) is 10.7. The van der Waals surface area contributed by atoms with Gasteiger partial charge in [-0.15, -0.1) is 0 Å². The van der Waals surface area contributed by atoms with E-state index in [4.69, 9.17) is 0 Å². The van der Waals surface area contributed by atoms with Crippen molar-refractivity contribution in [3.63, 3.8) is 0 Å². The van der Waals surface area contributed by atoms with Gasteiger partial charge in [-0.3, -0.25) is 0 Å². The van der Waals surface area contributed by atoms with Crippen LogP contribution in [0, 0.1) is 3.57 Å². The molecule has 0 spiro atoms. The molecule has 0 radical (unpaired) electrons. The molecule has 2 aromatic heterocycles. The number of nitrogens with one attached hydrogen (secondary N) is 1. The Bertz CT molecular complexity index is 539. The minimum absolute atomic E-state index is 0.743. The van der Waals surface area contributed by atoms with Gasteiger partial charge in [0.05, 0.1) is 21.8 Å². The van der Waals surface area contributed by atoms with Gasteiger partial charge in [0.25, 0.3) is 0 Å². The minimum Gasteiger partial charge on any atom is -0.372 e. The van der Waals surface area contributed by atoms with Crippen molar-refractivity contribution in [3.8, 4) is 11.5 Å². The van der Waals surface area contributed by atoms with Crippen LogP contribution >= 0.6 is 22.6 Å². The predicted octanol–water partition coefficient (Wildman–Crippen LogP) is 2.96. The van der Waals surface area contributed by atoms with E-state index in [1.807, 2.05) is 19.6 Å². The Morgan fingerprint density at radius 3 is 2.74 bits per heavy atom. The van der Waals surface area contributed by atoms with Gasteiger partial charge in [-0.2, -0.15) is 0 Å². The van der Waals surface area contributed by atoms with Gasteiger partial charge in [0.2, 0.25) is 0 Å². The summed E-state index contributed by atoms with van der Waals surface area (Å²) in [5.74, 6) is 1.62. The summed E-state index contributed by atoms with van der Waals surface area (Å²) in [5.41, 5.74) is 2.05. The van der Waals surface area contributed by atoms with Crippen molar-refractivity contribution in [1.82, 2.24) is 19.5 Å². The van der Waals surface area contributed by atoms with Crippen LogP contribution in [0.3, 0.4) is 0 Å². The van der Waals surface area contributed by atoms with E-state index in [1.54, 1.807) is 0 Å². The van der Waals surface area contributed by atoms with Crippen LogP contribution in [0.15, 0.2) is 12.5 Å². The fourth-order valence-corrected chi connectivity index (χ4v) is 2.83. The lowest BCUT2D eigenvalue weighted by Crippen LogP contribution is -2.07. The molecule has 0 amide bonds. The average molecular weight is 371 g/mol. The van der Waals surface area contributed by atoms with Crippen LogP contribution in [0.1, 0.15) is 26.0 Å². The summed E-state index contributed by atoms with van der Waals surface area (Å²) in [4.78, 5) is 13.5. The number of nitrogens with zero attached hydrogens (tertiary/aromatic N) is 4. The second-order valence-corrected chi connectivity index (χ2v) is 5.31. The molecule has 2 rings (SSSR count). The summed E-state index contributed by atoms with van der Waals surface area (Å²) < 4.78 is 3.19. The standard InChI is InChI=1S/C13H18IN5/c1-4-6-19-8-16-7-10(19)12-17-9(5-2)11(14)13(15-3)18-12/h7-8H,4-6H2,1-3H3,(H,15,17,18). The number of imidazole rings is 1. The van der Waals surface area contributed by atoms with Crippen molar-refractivity contribution in [2.45, 2.75) is 33.2 Å². The third kappa shape index (κ3) is 2.88. The highest BCUT2D eigenvalue weighted by Gasteiger charge is 2.14. The maximum atomic E-state index is 4.67. The van der Waals surface area contributed by atoms with E-state index in [9.17, 15) is 0 Å². The van der Waals surface area contributed by atoms with E-state index in [0.29, 0.717) is 0 Å². The summed E-state index contributed by atoms with van der Waals surface area (Å²) in [6, 6.07) is 0. The van der Waals surface area contributed by atoms with E-state index in [-0.39, 0.29) is 0 Å². The largest absolute Gasteiger partial charge is 0.372 e. The zero-order valence-electron chi connectivity index (χ0n) is 11.4. The van der Waals surface area contributed by atoms with Crippen LogP contribution in [0.2, 0.25) is 0 Å². The Balaban J connectivity index is 2.52. The third-order valence-electron chi connectivity index (χ3n) is 2.90. The van der Waals surface area contributed by atoms with E-state index in [2.05, 4.69) is 61.3 Å². The number of aromatic nitrogens is 4. The molecule has 0 atom stereocenters. The molecule has 0 saturated heterocycles. The van der Waals surface area contributed by atoms with E-state index in [0.717, 1.165) is 46.0 Å². The average Bonchev–Trinajstić information content (AvgIpc) is 2.88. The maximum Gasteiger partial charge on any atom is 0.180 e. The lowest BCUT2D eigenvalue weighted by molar-refractivity contribution is 0.681. The van der Waals surface area contributed by atoms with Gasteiger partial charge in [0, 0.05) is 13.6 Å². The quantitative estimate of drug-likeness (QED) is 0.822. The van der Waals surface area contributed by atoms with Crippen LogP contribution in [0.5, 0.6) is 0 Å². The van der Waals surface area contributed by atoms with E-state index in [1.165, 1.54) is 0 Å². The summed E-state index contributed by atoms with van der Waals surface area (Å²) in [5, 5.41) is 3.14. The molecule has 102 valence electrons. The molecular formula is C13H18IN5. The smallest absolute Gasteiger partial charge is 0.180 e. The fourth-order valence-electron chi connectivity index (χ4n) is 1.93. The van der Waals surface area contributed by atoms with Crippen LogP contribution in [-0.4, -0.2) is 26.6 Å². The molecule has 0 bridgehead atoms. The Morgan fingerprint density at radius 1 is 1.32 bits per heavy atom. The van der Waals surface area contributed by atoms with Crippen LogP contribution in [0.25, 0.3) is 11.5 Å². The second kappa shape index (κ2) is 6.31. The van der Waals surface area contributed by atoms with Gasteiger partial charge in [0.15, 0.2) is 5.82 Å². The second-order valence-electron chi connectivity index (χ2n) is 4.23. The predicted molar refractivity (Wildman–Crippen MR) is 85.2 cm³/mol. The third-order valence-corrected chi connectivity index (χ3v) is 4.03. The monoisotopic (exact) mass is 371 g/mol. The molecule has 2 aromatic rings. The molecule has 0 fully saturated rings. The number of hydrogen-bond acceptors (Lipinski definition) is 4. The van der Waals surface area contributed by atoms with Gasteiger partial charge in [-0.05, 0) is 35.4 Å². The van der Waals surface area contributed by atoms with Gasteiger partial charge in [-0.1, -0.05) is 13.8 Å². The summed E-state index contributed by atoms with van der Waals surface area (Å²) >= 11 is 2.29. The Hall–Kier alpha value is -1.18. The Kier molecular flexibility index (Phi) is 4.73. The van der Waals surface area contributed by atoms with Crippen molar-refractivity contribution in [2.75, 3.05) is 12.4 Å². The number of anilines is 1. The number of rotatable bonds is 5. The first-order valence-corrected chi connectivity index (χ1v) is 7.53. The summed E-state index contributed by atoms with van der Waals surface area (Å²) in [6.07, 6.45) is 5.62. The molecular weight excluding hydrogens is 353 g/mol. The zero-order chi connectivity index (χ0) is 13.8. The molecule has 0 aliphatic rings. The topological polar surface area (TPSA) is 55.6 Å². The van der Waals surface area contributed by atoms with Gasteiger partial charge < -0.3 is 9.88 Å². The Labute approximate surface area is 127 Å². The van der Waals surface area contributed by atoms with Crippen molar-refractivity contribution < 1.29 is 0 Å². The van der Waals surface area contributed by atoms with Gasteiger partial charge in [-0.25, -0.2) is 15.0 Å². The van der Waals surface area contributed by atoms with E-state index < -0.39 is 0 Å². The van der Waals surface area contributed by atoms with Crippen LogP contribution in [0.4, 0.5) is 5.82 Å². The first-order valence-electron chi connectivity index (χ1n) is 6.45.